The highest BCUT2D eigenvalue weighted by Crippen LogP contribution is 2.32. The van der Waals surface area contributed by atoms with E-state index in [1.165, 1.54) is 16.8 Å². The van der Waals surface area contributed by atoms with E-state index in [1.54, 1.807) is 6.07 Å². The quantitative estimate of drug-likeness (QED) is 0.357. The van der Waals surface area contributed by atoms with Crippen molar-refractivity contribution in [2.75, 3.05) is 46.9 Å². The average Bonchev–Trinajstić information content (AvgIpc) is 2.89. The molecule has 0 radical (unpaired) electrons. The number of carbonyl (C=O) groups excluding carboxylic acids is 1. The van der Waals surface area contributed by atoms with Crippen LogP contribution in [0.2, 0.25) is 0 Å². The third-order valence-corrected chi connectivity index (χ3v) is 6.93. The van der Waals surface area contributed by atoms with Crippen LogP contribution in [-0.4, -0.2) is 62.6 Å². The van der Waals surface area contributed by atoms with Crippen LogP contribution in [0, 0.1) is 11.8 Å². The topological polar surface area (TPSA) is 44.8 Å². The molecule has 0 unspecified atom stereocenters. The van der Waals surface area contributed by atoms with Gasteiger partial charge in [0.05, 0.1) is 18.1 Å². The van der Waals surface area contributed by atoms with E-state index in [9.17, 15) is 18.0 Å². The summed E-state index contributed by atoms with van der Waals surface area (Å²) in [7, 11) is 4.01. The van der Waals surface area contributed by atoms with Crippen molar-refractivity contribution in [2.24, 2.45) is 11.8 Å². The number of rotatable bonds is 10. The van der Waals surface area contributed by atoms with Crippen LogP contribution in [0.15, 0.2) is 66.7 Å². The molecule has 0 aromatic heterocycles. The van der Waals surface area contributed by atoms with Crippen LogP contribution in [0.25, 0.3) is 10.8 Å². The van der Waals surface area contributed by atoms with Gasteiger partial charge in [-0.15, -0.1) is 0 Å². The van der Waals surface area contributed by atoms with Gasteiger partial charge in [0.1, 0.15) is 5.75 Å². The number of nitrogens with zero attached hydrogens (tertiary/aromatic N) is 2. The fraction of sp³-hybridized carbons (Fsp3) is 0.433. The average molecular weight is 528 g/mol. The zero-order chi connectivity index (χ0) is 27.1. The van der Waals surface area contributed by atoms with Crippen LogP contribution in [0.1, 0.15) is 24.0 Å². The summed E-state index contributed by atoms with van der Waals surface area (Å²) in [6, 6.07) is 19.6. The molecule has 2 atom stereocenters. The Morgan fingerprint density at radius 1 is 1.03 bits per heavy atom. The number of benzene rings is 3. The summed E-state index contributed by atoms with van der Waals surface area (Å²) >= 11 is 0. The highest BCUT2D eigenvalue weighted by molar-refractivity contribution is 5.83. The zero-order valence-electron chi connectivity index (χ0n) is 22.0. The summed E-state index contributed by atoms with van der Waals surface area (Å²) in [5, 5.41) is 5.42. The number of alkyl halides is 3. The van der Waals surface area contributed by atoms with Crippen LogP contribution in [0.3, 0.4) is 0 Å². The Kier molecular flexibility index (Phi) is 9.28. The van der Waals surface area contributed by atoms with Crippen molar-refractivity contribution in [3.63, 3.8) is 0 Å². The number of fused-ring (bicyclic) bond motifs is 1. The number of halogens is 3. The number of hydrogen-bond donors (Lipinski definition) is 1. The van der Waals surface area contributed by atoms with Crippen molar-refractivity contribution in [2.45, 2.75) is 25.6 Å². The fourth-order valence-electron chi connectivity index (χ4n) is 5.07. The molecule has 1 heterocycles. The molecule has 1 saturated heterocycles. The molecule has 4 rings (SSSR count). The van der Waals surface area contributed by atoms with E-state index in [2.05, 4.69) is 45.4 Å². The van der Waals surface area contributed by atoms with Crippen LogP contribution in [-0.2, 0) is 17.5 Å². The van der Waals surface area contributed by atoms with Crippen molar-refractivity contribution < 1.29 is 22.7 Å². The van der Waals surface area contributed by atoms with E-state index in [-0.39, 0.29) is 30.1 Å². The van der Waals surface area contributed by atoms with Crippen LogP contribution < -0.4 is 10.1 Å². The van der Waals surface area contributed by atoms with Crippen molar-refractivity contribution in [3.05, 3.63) is 77.9 Å². The summed E-state index contributed by atoms with van der Waals surface area (Å²) in [6.07, 6.45) is -2.92. The zero-order valence-corrected chi connectivity index (χ0v) is 22.0. The van der Waals surface area contributed by atoms with Gasteiger partial charge in [-0.2, -0.15) is 13.2 Å². The SMILES string of the molecule is CN(C)CCCNC(=O)[C@@H]1C[C@H](COc2cccc(C(F)(F)F)c2)CN(Cc2ccc3ccccc3c2)C1. The minimum Gasteiger partial charge on any atom is -0.493 e. The van der Waals surface area contributed by atoms with Crippen molar-refractivity contribution in [1.29, 1.82) is 0 Å². The Labute approximate surface area is 222 Å². The molecule has 0 saturated carbocycles. The number of nitrogens with one attached hydrogen (secondary N) is 1. The number of likely N-dealkylation sites (tertiary alicyclic amines) is 1. The molecule has 1 fully saturated rings. The maximum absolute atomic E-state index is 13.1. The van der Waals surface area contributed by atoms with Crippen LogP contribution in [0.4, 0.5) is 13.2 Å². The van der Waals surface area contributed by atoms with E-state index in [0.717, 1.165) is 30.7 Å². The Bertz CT molecular complexity index is 1210. The molecule has 0 spiro atoms. The van der Waals surface area contributed by atoms with Gasteiger partial charge in [-0.25, -0.2) is 0 Å². The van der Waals surface area contributed by atoms with E-state index >= 15 is 0 Å². The summed E-state index contributed by atoms with van der Waals surface area (Å²) < 4.78 is 45.2. The van der Waals surface area contributed by atoms with Gasteiger partial charge in [0.25, 0.3) is 0 Å². The molecule has 3 aromatic carbocycles. The lowest BCUT2D eigenvalue weighted by Gasteiger charge is -2.37. The van der Waals surface area contributed by atoms with Crippen molar-refractivity contribution >= 4 is 16.7 Å². The predicted molar refractivity (Wildman–Crippen MR) is 144 cm³/mol. The van der Waals surface area contributed by atoms with E-state index in [4.69, 9.17) is 4.74 Å². The summed E-state index contributed by atoms with van der Waals surface area (Å²) in [4.78, 5) is 17.4. The highest BCUT2D eigenvalue weighted by atomic mass is 19.4. The molecule has 204 valence electrons. The summed E-state index contributed by atoms with van der Waals surface area (Å²) in [5.74, 6) is 0.0159. The lowest BCUT2D eigenvalue weighted by molar-refractivity contribution is -0.137. The molecular weight excluding hydrogens is 491 g/mol. The molecule has 1 aliphatic rings. The van der Waals surface area contributed by atoms with Gasteiger partial charge in [-0.3, -0.25) is 9.69 Å². The predicted octanol–water partition coefficient (Wildman–Crippen LogP) is 5.44. The number of hydrogen-bond acceptors (Lipinski definition) is 4. The van der Waals surface area contributed by atoms with E-state index in [0.29, 0.717) is 32.6 Å². The van der Waals surface area contributed by atoms with E-state index in [1.807, 2.05) is 26.2 Å². The van der Waals surface area contributed by atoms with Gasteiger partial charge in [0, 0.05) is 32.1 Å². The third-order valence-electron chi connectivity index (χ3n) is 6.93. The molecule has 0 aliphatic carbocycles. The molecule has 5 nitrogen and oxygen atoms in total. The van der Waals surface area contributed by atoms with Crippen molar-refractivity contribution in [1.82, 2.24) is 15.1 Å². The summed E-state index contributed by atoms with van der Waals surface area (Å²) in [6.45, 7) is 3.79. The lowest BCUT2D eigenvalue weighted by Crippen LogP contribution is -2.47. The van der Waals surface area contributed by atoms with Gasteiger partial charge >= 0.3 is 6.18 Å². The molecule has 1 N–H and O–H groups in total. The summed E-state index contributed by atoms with van der Waals surface area (Å²) in [5.41, 5.74) is 0.430. The standard InChI is InChI=1S/C30H36F3N3O2/c1-35(2)14-6-13-34-29(37)26-16-23(21-38-28-10-5-9-27(17-28)30(31,32)33)19-36(20-26)18-22-11-12-24-7-3-4-8-25(24)15-22/h3-5,7-12,15,17,23,26H,6,13-14,16,18-21H2,1-2H3,(H,34,37)/t23-,26+/m0/s1. The normalized spacial score (nSPS) is 18.6. The first-order valence-electron chi connectivity index (χ1n) is 13.1. The van der Waals surface area contributed by atoms with E-state index < -0.39 is 11.7 Å². The monoisotopic (exact) mass is 527 g/mol. The molecule has 3 aromatic rings. The maximum Gasteiger partial charge on any atom is 0.416 e. The number of amides is 1. The highest BCUT2D eigenvalue weighted by Gasteiger charge is 2.33. The van der Waals surface area contributed by atoms with Gasteiger partial charge in [0.2, 0.25) is 5.91 Å². The molecule has 38 heavy (non-hydrogen) atoms. The molecule has 1 aliphatic heterocycles. The molecule has 8 heteroatoms. The minimum atomic E-state index is -4.42. The largest absolute Gasteiger partial charge is 0.493 e. The second kappa shape index (κ2) is 12.6. The number of piperidine rings is 1. The third kappa shape index (κ3) is 7.95. The number of carbonyl (C=O) groups is 1. The second-order valence-electron chi connectivity index (χ2n) is 10.5. The van der Waals surface area contributed by atoms with Crippen LogP contribution in [0.5, 0.6) is 5.75 Å². The van der Waals surface area contributed by atoms with Crippen LogP contribution >= 0.6 is 0 Å². The fourth-order valence-corrected chi connectivity index (χ4v) is 5.07. The smallest absolute Gasteiger partial charge is 0.416 e. The first-order valence-corrected chi connectivity index (χ1v) is 13.1. The Hall–Kier alpha value is -3.10. The van der Waals surface area contributed by atoms with Gasteiger partial charge in [0.15, 0.2) is 0 Å². The maximum atomic E-state index is 13.1. The lowest BCUT2D eigenvalue weighted by atomic mass is 9.88. The van der Waals surface area contributed by atoms with Gasteiger partial charge in [-0.1, -0.05) is 42.5 Å². The molecular formula is C30H36F3N3O2. The Balaban J connectivity index is 1.43. The molecule has 1 amide bonds. The van der Waals surface area contributed by atoms with Gasteiger partial charge in [-0.05, 0) is 74.1 Å². The van der Waals surface area contributed by atoms with Gasteiger partial charge < -0.3 is 15.0 Å². The van der Waals surface area contributed by atoms with Crippen molar-refractivity contribution in [3.8, 4) is 5.75 Å². The molecule has 0 bridgehead atoms. The second-order valence-corrected chi connectivity index (χ2v) is 10.5. The number of ether oxygens (including phenoxy) is 1. The Morgan fingerprint density at radius 2 is 1.82 bits per heavy atom. The Morgan fingerprint density at radius 3 is 2.58 bits per heavy atom. The minimum absolute atomic E-state index is 0.0104. The first-order chi connectivity index (χ1) is 18.2. The first kappa shape index (κ1) is 27.9.